The number of hydrogen-bond donors (Lipinski definition) is 2. The van der Waals surface area contributed by atoms with Crippen LogP contribution >= 0.6 is 0 Å². The molecule has 6 nitrogen and oxygen atoms in total. The summed E-state index contributed by atoms with van der Waals surface area (Å²) < 4.78 is 10.1. The van der Waals surface area contributed by atoms with Crippen LogP contribution in [0.2, 0.25) is 0 Å². The van der Waals surface area contributed by atoms with E-state index >= 15 is 0 Å². The highest BCUT2D eigenvalue weighted by Gasteiger charge is 2.07. The van der Waals surface area contributed by atoms with Crippen LogP contribution in [-0.4, -0.2) is 38.3 Å². The number of methoxy groups -OCH3 is 2. The van der Waals surface area contributed by atoms with Gasteiger partial charge in [-0.1, -0.05) is 0 Å². The van der Waals surface area contributed by atoms with Crippen LogP contribution in [0.4, 0.5) is 0 Å². The van der Waals surface area contributed by atoms with Crippen molar-refractivity contribution in [3.8, 4) is 5.75 Å². The fourth-order valence-electron chi connectivity index (χ4n) is 2.47. The van der Waals surface area contributed by atoms with Crippen molar-refractivity contribution in [3.63, 3.8) is 0 Å². The van der Waals surface area contributed by atoms with Gasteiger partial charge in [-0.2, -0.15) is 0 Å². The Labute approximate surface area is 141 Å². The summed E-state index contributed by atoms with van der Waals surface area (Å²) in [6, 6.07) is 7.35. The van der Waals surface area contributed by atoms with Crippen molar-refractivity contribution in [2.75, 3.05) is 27.4 Å². The Morgan fingerprint density at radius 2 is 2.04 bits per heavy atom. The molecule has 1 heterocycles. The summed E-state index contributed by atoms with van der Waals surface area (Å²) in [6.07, 6.45) is 2.53. The van der Waals surface area contributed by atoms with Crippen molar-refractivity contribution in [1.82, 2.24) is 10.3 Å². The molecule has 0 atom stereocenters. The van der Waals surface area contributed by atoms with Gasteiger partial charge in [0.25, 0.3) is 5.56 Å². The highest BCUT2D eigenvalue weighted by atomic mass is 16.5. The summed E-state index contributed by atoms with van der Waals surface area (Å²) in [6.45, 7) is 1.34. The molecule has 1 aromatic carbocycles. The topological polar surface area (TPSA) is 80.4 Å². The molecular weight excluding hydrogens is 308 g/mol. The molecule has 0 aliphatic heterocycles. The molecule has 0 fully saturated rings. The van der Waals surface area contributed by atoms with Crippen molar-refractivity contribution in [3.05, 3.63) is 40.2 Å². The summed E-state index contributed by atoms with van der Waals surface area (Å²) in [5.41, 5.74) is 1.18. The molecule has 2 rings (SSSR count). The van der Waals surface area contributed by atoms with E-state index in [1.54, 1.807) is 20.3 Å². The summed E-state index contributed by atoms with van der Waals surface area (Å²) in [5, 5.41) is 3.78. The van der Waals surface area contributed by atoms with E-state index in [9.17, 15) is 9.59 Å². The molecule has 2 N–H and O–H groups in total. The smallest absolute Gasteiger partial charge is 0.251 e. The molecule has 6 heteroatoms. The van der Waals surface area contributed by atoms with Gasteiger partial charge in [0.15, 0.2) is 0 Å². The minimum Gasteiger partial charge on any atom is -0.497 e. The van der Waals surface area contributed by atoms with Crippen LogP contribution in [0.1, 0.15) is 24.8 Å². The van der Waals surface area contributed by atoms with E-state index in [1.165, 1.54) is 0 Å². The van der Waals surface area contributed by atoms with Crippen LogP contribution in [0.25, 0.3) is 10.9 Å². The standard InChI is InChI=1S/C18H24N2O4/c1-23-10-4-3-9-19-17(21)8-6-14-11-13-5-7-15(24-2)12-16(13)20-18(14)22/h5,7,11-12H,3-4,6,8-10H2,1-2H3,(H,19,21)(H,20,22). The Morgan fingerprint density at radius 3 is 2.79 bits per heavy atom. The molecule has 2 aromatic rings. The quantitative estimate of drug-likeness (QED) is 0.689. The predicted octanol–water partition coefficient (Wildman–Crippen LogP) is 2.01. The number of nitrogens with one attached hydrogen (secondary N) is 2. The first kappa shape index (κ1) is 18.0. The van der Waals surface area contributed by atoms with E-state index in [-0.39, 0.29) is 11.5 Å². The van der Waals surface area contributed by atoms with Crippen molar-refractivity contribution in [1.29, 1.82) is 0 Å². The molecule has 0 saturated carbocycles. The molecule has 24 heavy (non-hydrogen) atoms. The maximum Gasteiger partial charge on any atom is 0.251 e. The van der Waals surface area contributed by atoms with Crippen molar-refractivity contribution >= 4 is 16.8 Å². The molecule has 0 radical (unpaired) electrons. The van der Waals surface area contributed by atoms with Crippen molar-refractivity contribution < 1.29 is 14.3 Å². The fraction of sp³-hybridized carbons (Fsp3) is 0.444. The minimum atomic E-state index is -0.163. The lowest BCUT2D eigenvalue weighted by Gasteiger charge is -2.07. The van der Waals surface area contributed by atoms with Gasteiger partial charge in [0, 0.05) is 38.3 Å². The summed E-state index contributed by atoms with van der Waals surface area (Å²) >= 11 is 0. The van der Waals surface area contributed by atoms with Gasteiger partial charge in [-0.15, -0.1) is 0 Å². The Bertz CT molecular complexity index is 739. The normalized spacial score (nSPS) is 10.8. The number of rotatable bonds is 9. The predicted molar refractivity (Wildman–Crippen MR) is 93.6 cm³/mol. The van der Waals surface area contributed by atoms with E-state index < -0.39 is 0 Å². The number of ether oxygens (including phenoxy) is 2. The third-order valence-electron chi connectivity index (χ3n) is 3.85. The number of carbonyl (C=O) groups excluding carboxylic acids is 1. The van der Waals surface area contributed by atoms with E-state index in [1.807, 2.05) is 18.2 Å². The van der Waals surface area contributed by atoms with Crippen molar-refractivity contribution in [2.45, 2.75) is 25.7 Å². The third kappa shape index (κ3) is 5.09. The lowest BCUT2D eigenvalue weighted by atomic mass is 10.1. The van der Waals surface area contributed by atoms with Gasteiger partial charge in [-0.3, -0.25) is 9.59 Å². The first-order valence-corrected chi connectivity index (χ1v) is 8.09. The molecule has 0 unspecified atom stereocenters. The first-order valence-electron chi connectivity index (χ1n) is 8.09. The molecule has 0 aliphatic carbocycles. The zero-order chi connectivity index (χ0) is 17.4. The summed E-state index contributed by atoms with van der Waals surface area (Å²) in [4.78, 5) is 26.8. The van der Waals surface area contributed by atoms with Crippen LogP contribution in [0, 0.1) is 0 Å². The minimum absolute atomic E-state index is 0.0401. The summed E-state index contributed by atoms with van der Waals surface area (Å²) in [7, 11) is 3.25. The van der Waals surface area contributed by atoms with E-state index in [0.29, 0.717) is 37.3 Å². The Hall–Kier alpha value is -2.34. The average molecular weight is 332 g/mol. The molecule has 0 spiro atoms. The van der Waals surface area contributed by atoms with Crippen LogP contribution < -0.4 is 15.6 Å². The molecule has 1 amide bonds. The number of aromatic nitrogens is 1. The van der Waals surface area contributed by atoms with Gasteiger partial charge >= 0.3 is 0 Å². The van der Waals surface area contributed by atoms with Crippen LogP contribution in [-0.2, 0) is 16.0 Å². The number of fused-ring (bicyclic) bond motifs is 1. The number of carbonyl (C=O) groups is 1. The number of aromatic amines is 1. The highest BCUT2D eigenvalue weighted by Crippen LogP contribution is 2.18. The van der Waals surface area contributed by atoms with Crippen LogP contribution in [0.3, 0.4) is 0 Å². The zero-order valence-electron chi connectivity index (χ0n) is 14.2. The molecule has 0 bridgehead atoms. The number of pyridine rings is 1. The number of hydrogen-bond acceptors (Lipinski definition) is 4. The third-order valence-corrected chi connectivity index (χ3v) is 3.85. The molecule has 0 aliphatic rings. The lowest BCUT2D eigenvalue weighted by Crippen LogP contribution is -2.25. The number of aryl methyl sites for hydroxylation is 1. The van der Waals surface area contributed by atoms with E-state index in [0.717, 1.165) is 23.7 Å². The van der Waals surface area contributed by atoms with Crippen molar-refractivity contribution in [2.24, 2.45) is 0 Å². The first-order chi connectivity index (χ1) is 11.6. The van der Waals surface area contributed by atoms with Gasteiger partial charge in [0.05, 0.1) is 12.6 Å². The largest absolute Gasteiger partial charge is 0.497 e. The van der Waals surface area contributed by atoms with Gasteiger partial charge in [0.2, 0.25) is 5.91 Å². The van der Waals surface area contributed by atoms with Gasteiger partial charge in [-0.25, -0.2) is 0 Å². The molecule has 1 aromatic heterocycles. The fourth-order valence-corrected chi connectivity index (χ4v) is 2.47. The monoisotopic (exact) mass is 332 g/mol. The van der Waals surface area contributed by atoms with Gasteiger partial charge in [0.1, 0.15) is 5.75 Å². The van der Waals surface area contributed by atoms with Gasteiger partial charge < -0.3 is 19.8 Å². The van der Waals surface area contributed by atoms with Crippen LogP contribution in [0.15, 0.2) is 29.1 Å². The second kappa shape index (κ2) is 9.08. The van der Waals surface area contributed by atoms with E-state index in [2.05, 4.69) is 10.3 Å². The van der Waals surface area contributed by atoms with Gasteiger partial charge in [-0.05, 0) is 42.8 Å². The Balaban J connectivity index is 1.91. The SMILES string of the molecule is COCCCCNC(=O)CCc1cc2ccc(OC)cc2[nH]c1=O. The molecule has 0 saturated heterocycles. The number of amides is 1. The second-order valence-corrected chi connectivity index (χ2v) is 5.63. The maximum absolute atomic E-state index is 12.1. The average Bonchev–Trinajstić information content (AvgIpc) is 2.59. The Kier molecular flexibility index (Phi) is 6.81. The summed E-state index contributed by atoms with van der Waals surface area (Å²) in [5.74, 6) is 0.653. The molecule has 130 valence electrons. The zero-order valence-corrected chi connectivity index (χ0v) is 14.2. The number of H-pyrrole nitrogens is 1. The number of benzene rings is 1. The highest BCUT2D eigenvalue weighted by molar-refractivity contribution is 5.81. The lowest BCUT2D eigenvalue weighted by molar-refractivity contribution is -0.121. The van der Waals surface area contributed by atoms with Crippen LogP contribution in [0.5, 0.6) is 5.75 Å². The molecular formula is C18H24N2O4. The maximum atomic E-state index is 12.1. The Morgan fingerprint density at radius 1 is 1.21 bits per heavy atom. The number of unbranched alkanes of at least 4 members (excludes halogenated alkanes) is 1. The van der Waals surface area contributed by atoms with E-state index in [4.69, 9.17) is 9.47 Å². The second-order valence-electron chi connectivity index (χ2n) is 5.63.